The number of aryl methyl sites for hydroxylation is 2. The third-order valence-corrected chi connectivity index (χ3v) is 5.88. The van der Waals surface area contributed by atoms with E-state index in [2.05, 4.69) is 6.92 Å². The fourth-order valence-electron chi connectivity index (χ4n) is 4.02. The molecule has 0 saturated heterocycles. The molecular formula is C22H26F4. The minimum atomic E-state index is -4.11. The Morgan fingerprint density at radius 1 is 0.846 bits per heavy atom. The molecule has 4 heteroatoms. The Morgan fingerprint density at radius 3 is 2.08 bits per heavy atom. The van der Waals surface area contributed by atoms with E-state index in [-0.39, 0.29) is 12.0 Å². The van der Waals surface area contributed by atoms with E-state index in [9.17, 15) is 17.6 Å². The van der Waals surface area contributed by atoms with Crippen LogP contribution < -0.4 is 0 Å². The van der Waals surface area contributed by atoms with Crippen LogP contribution in [0, 0.1) is 18.8 Å². The Bertz CT molecular complexity index is 689. The molecule has 0 aromatic heterocycles. The van der Waals surface area contributed by atoms with Crippen LogP contribution in [0.5, 0.6) is 0 Å². The molecule has 0 nitrogen and oxygen atoms in total. The highest BCUT2D eigenvalue weighted by molar-refractivity contribution is 5.39. The molecule has 3 rings (SSSR count). The van der Waals surface area contributed by atoms with Crippen molar-refractivity contribution >= 4 is 0 Å². The Morgan fingerprint density at radius 2 is 1.46 bits per heavy atom. The Hall–Kier alpha value is -1.58. The summed E-state index contributed by atoms with van der Waals surface area (Å²) in [5.41, 5.74) is 1.13. The summed E-state index contributed by atoms with van der Waals surface area (Å²) in [5, 5.41) is 0. The zero-order valence-electron chi connectivity index (χ0n) is 15.4. The van der Waals surface area contributed by atoms with Gasteiger partial charge in [0.1, 0.15) is 0 Å². The van der Waals surface area contributed by atoms with Crippen LogP contribution in [0.15, 0.2) is 47.6 Å². The van der Waals surface area contributed by atoms with Crippen molar-refractivity contribution in [3.8, 4) is 0 Å². The van der Waals surface area contributed by atoms with Crippen molar-refractivity contribution in [3.63, 3.8) is 0 Å². The van der Waals surface area contributed by atoms with E-state index in [1.807, 2.05) is 31.2 Å². The van der Waals surface area contributed by atoms with Gasteiger partial charge in [-0.1, -0.05) is 61.7 Å². The molecule has 0 N–H and O–H groups in total. The molecule has 0 spiro atoms. The van der Waals surface area contributed by atoms with Crippen molar-refractivity contribution in [1.82, 2.24) is 0 Å². The molecule has 1 saturated carbocycles. The molecule has 142 valence electrons. The van der Waals surface area contributed by atoms with Gasteiger partial charge in [0.25, 0.3) is 0 Å². The van der Waals surface area contributed by atoms with Crippen LogP contribution >= 0.6 is 0 Å². The molecule has 0 unspecified atom stereocenters. The number of hydrogen-bond acceptors (Lipinski definition) is 0. The minimum Gasteiger partial charge on any atom is -0.194 e. The smallest absolute Gasteiger partial charge is 0.194 e. The standard InChI is InChI=1S/C22H26F4/c1-15-3-7-17(8-4-15)9-12-19-13-14-20(22(25,26)21(19,23)24)18-10-5-16(2)6-11-18/h3-4,7-8,13-14,16,18H,5-6,9-12H2,1-2H3. The lowest BCUT2D eigenvalue weighted by Gasteiger charge is -2.38. The van der Waals surface area contributed by atoms with Crippen LogP contribution in [-0.2, 0) is 6.42 Å². The molecule has 0 amide bonds. The highest BCUT2D eigenvalue weighted by atomic mass is 19.3. The average Bonchev–Trinajstić information content (AvgIpc) is 2.59. The molecule has 2 aliphatic carbocycles. The van der Waals surface area contributed by atoms with Crippen LogP contribution in [0.2, 0.25) is 0 Å². The van der Waals surface area contributed by atoms with Gasteiger partial charge < -0.3 is 0 Å². The van der Waals surface area contributed by atoms with E-state index in [1.54, 1.807) is 0 Å². The largest absolute Gasteiger partial charge is 0.336 e. The summed E-state index contributed by atoms with van der Waals surface area (Å²) < 4.78 is 58.7. The summed E-state index contributed by atoms with van der Waals surface area (Å²) in [6.07, 6.45) is 5.61. The van der Waals surface area contributed by atoms with Crippen LogP contribution in [-0.4, -0.2) is 11.8 Å². The van der Waals surface area contributed by atoms with Gasteiger partial charge >= 0.3 is 11.8 Å². The van der Waals surface area contributed by atoms with E-state index < -0.39 is 23.3 Å². The van der Waals surface area contributed by atoms with Crippen molar-refractivity contribution in [3.05, 3.63) is 58.7 Å². The van der Waals surface area contributed by atoms with Crippen LogP contribution in [0.25, 0.3) is 0 Å². The van der Waals surface area contributed by atoms with E-state index >= 15 is 0 Å². The molecule has 1 aromatic carbocycles. The number of rotatable bonds is 4. The number of halogens is 4. The van der Waals surface area contributed by atoms with Gasteiger partial charge in [0.2, 0.25) is 0 Å². The molecule has 2 aliphatic rings. The van der Waals surface area contributed by atoms with Gasteiger partial charge in [0.15, 0.2) is 0 Å². The number of allylic oxidation sites excluding steroid dienone is 4. The summed E-state index contributed by atoms with van der Waals surface area (Å²) >= 11 is 0. The highest BCUT2D eigenvalue weighted by Gasteiger charge is 2.62. The van der Waals surface area contributed by atoms with Crippen LogP contribution in [0.4, 0.5) is 17.6 Å². The zero-order valence-corrected chi connectivity index (χ0v) is 15.4. The molecule has 0 heterocycles. The van der Waals surface area contributed by atoms with Gasteiger partial charge in [0.05, 0.1) is 0 Å². The normalized spacial score (nSPS) is 27.6. The van der Waals surface area contributed by atoms with Crippen molar-refractivity contribution in [2.45, 2.75) is 64.2 Å². The Balaban J connectivity index is 1.78. The number of benzene rings is 1. The molecule has 0 atom stereocenters. The van der Waals surface area contributed by atoms with Gasteiger partial charge in [-0.25, -0.2) is 0 Å². The van der Waals surface area contributed by atoms with E-state index in [0.717, 1.165) is 24.0 Å². The van der Waals surface area contributed by atoms with E-state index in [0.29, 0.717) is 25.2 Å². The maximum Gasteiger partial charge on any atom is 0.336 e. The summed E-state index contributed by atoms with van der Waals surface area (Å²) in [6.45, 7) is 4.03. The second kappa shape index (κ2) is 7.21. The lowest BCUT2D eigenvalue weighted by molar-refractivity contribution is -0.169. The van der Waals surface area contributed by atoms with Gasteiger partial charge in [-0.15, -0.1) is 0 Å². The first kappa shape index (κ1) is 19.2. The number of hydrogen-bond donors (Lipinski definition) is 0. The van der Waals surface area contributed by atoms with Gasteiger partial charge in [0, 0.05) is 11.1 Å². The molecule has 26 heavy (non-hydrogen) atoms. The fraction of sp³-hybridized carbons (Fsp3) is 0.545. The maximum atomic E-state index is 14.7. The first-order chi connectivity index (χ1) is 12.2. The van der Waals surface area contributed by atoms with Gasteiger partial charge in [-0.2, -0.15) is 17.6 Å². The second-order valence-corrected chi connectivity index (χ2v) is 7.91. The molecule has 0 bridgehead atoms. The van der Waals surface area contributed by atoms with Crippen molar-refractivity contribution in [2.75, 3.05) is 0 Å². The van der Waals surface area contributed by atoms with Crippen molar-refractivity contribution in [2.24, 2.45) is 11.8 Å². The Labute approximate surface area is 153 Å². The number of alkyl halides is 4. The first-order valence-corrected chi connectivity index (χ1v) is 9.44. The molecule has 0 aliphatic heterocycles. The minimum absolute atomic E-state index is 0.0584. The highest BCUT2D eigenvalue weighted by Crippen LogP contribution is 2.52. The summed E-state index contributed by atoms with van der Waals surface area (Å²) in [5.74, 6) is -8.13. The SMILES string of the molecule is Cc1ccc(CCC2=CC=C(C3CCC(C)CC3)C(F)(F)C2(F)F)cc1. The molecule has 0 radical (unpaired) electrons. The zero-order chi connectivity index (χ0) is 18.9. The van der Waals surface area contributed by atoms with E-state index in [4.69, 9.17) is 0 Å². The third kappa shape index (κ3) is 3.60. The first-order valence-electron chi connectivity index (χ1n) is 9.44. The van der Waals surface area contributed by atoms with Crippen molar-refractivity contribution in [1.29, 1.82) is 0 Å². The average molecular weight is 366 g/mol. The molecule has 1 fully saturated rings. The summed E-state index contributed by atoms with van der Waals surface area (Å²) in [4.78, 5) is 0. The molecule has 1 aromatic rings. The summed E-state index contributed by atoms with van der Waals surface area (Å²) in [7, 11) is 0. The summed E-state index contributed by atoms with van der Waals surface area (Å²) in [6, 6.07) is 7.53. The lowest BCUT2D eigenvalue weighted by Crippen LogP contribution is -2.47. The van der Waals surface area contributed by atoms with Crippen LogP contribution in [0.1, 0.15) is 50.2 Å². The quantitative estimate of drug-likeness (QED) is 0.509. The van der Waals surface area contributed by atoms with Crippen LogP contribution in [0.3, 0.4) is 0 Å². The second-order valence-electron chi connectivity index (χ2n) is 7.91. The predicted molar refractivity (Wildman–Crippen MR) is 96.7 cm³/mol. The predicted octanol–water partition coefficient (Wildman–Crippen LogP) is 6.89. The molecular weight excluding hydrogens is 340 g/mol. The monoisotopic (exact) mass is 366 g/mol. The lowest BCUT2D eigenvalue weighted by atomic mass is 9.74. The Kier molecular flexibility index (Phi) is 5.32. The fourth-order valence-corrected chi connectivity index (χ4v) is 4.02. The maximum absolute atomic E-state index is 14.7. The van der Waals surface area contributed by atoms with E-state index in [1.165, 1.54) is 12.2 Å². The topological polar surface area (TPSA) is 0 Å². The third-order valence-electron chi connectivity index (χ3n) is 5.88. The van der Waals surface area contributed by atoms with Crippen molar-refractivity contribution < 1.29 is 17.6 Å². The van der Waals surface area contributed by atoms with Gasteiger partial charge in [-0.3, -0.25) is 0 Å². The van der Waals surface area contributed by atoms with Gasteiger partial charge in [-0.05, 0) is 50.0 Å².